The van der Waals surface area contributed by atoms with E-state index in [1.807, 2.05) is 13.8 Å². The van der Waals surface area contributed by atoms with Gasteiger partial charge in [0.05, 0.1) is 30.3 Å². The van der Waals surface area contributed by atoms with Gasteiger partial charge in [0.25, 0.3) is 0 Å². The van der Waals surface area contributed by atoms with Crippen LogP contribution in [0.4, 0.5) is 15.9 Å². The van der Waals surface area contributed by atoms with Crippen molar-refractivity contribution >= 4 is 44.7 Å². The second-order valence-corrected chi connectivity index (χ2v) is 8.26. The normalized spacial score (nSPS) is 11.0. The predicted molar refractivity (Wildman–Crippen MR) is 120 cm³/mol. The van der Waals surface area contributed by atoms with E-state index in [1.54, 1.807) is 49.8 Å². The van der Waals surface area contributed by atoms with E-state index >= 15 is 0 Å². The molecule has 0 aliphatic carbocycles. The molecule has 0 amide bonds. The maximum Gasteiger partial charge on any atom is 0.144 e. The quantitative estimate of drug-likeness (QED) is 0.380. The molecule has 0 aliphatic heterocycles. The highest BCUT2D eigenvalue weighted by molar-refractivity contribution is 7.19. The van der Waals surface area contributed by atoms with Gasteiger partial charge < -0.3 is 14.8 Å². The molecule has 154 valence electrons. The van der Waals surface area contributed by atoms with E-state index in [-0.39, 0.29) is 5.82 Å². The number of anilines is 2. The van der Waals surface area contributed by atoms with Crippen LogP contribution in [0.1, 0.15) is 10.7 Å². The number of ether oxygens (including phenoxy) is 2. The predicted octanol–water partition coefficient (Wildman–Crippen LogP) is 6.53. The fourth-order valence-electron chi connectivity index (χ4n) is 3.36. The number of halogens is 2. The van der Waals surface area contributed by atoms with E-state index in [4.69, 9.17) is 21.1 Å². The van der Waals surface area contributed by atoms with Gasteiger partial charge in [-0.05, 0) is 31.5 Å². The first-order valence-electron chi connectivity index (χ1n) is 9.13. The van der Waals surface area contributed by atoms with Crippen molar-refractivity contribution in [2.75, 3.05) is 19.5 Å². The third kappa shape index (κ3) is 3.66. The summed E-state index contributed by atoms with van der Waals surface area (Å²) in [5.74, 6) is 2.06. The van der Waals surface area contributed by atoms with Crippen molar-refractivity contribution in [1.29, 1.82) is 0 Å². The highest BCUT2D eigenvalue weighted by Gasteiger charge is 2.19. The van der Waals surface area contributed by atoms with Crippen LogP contribution in [-0.2, 0) is 0 Å². The minimum Gasteiger partial charge on any atom is -0.495 e. The topological polar surface area (TPSA) is 56.3 Å². The Hall–Kier alpha value is -2.90. The largest absolute Gasteiger partial charge is 0.495 e. The molecule has 2 aromatic carbocycles. The van der Waals surface area contributed by atoms with Crippen LogP contribution in [0.5, 0.6) is 11.5 Å². The average molecular weight is 444 g/mol. The number of hydrogen-bond donors (Lipinski definition) is 1. The van der Waals surface area contributed by atoms with Crippen molar-refractivity contribution in [3.8, 4) is 22.6 Å². The van der Waals surface area contributed by atoms with E-state index in [0.717, 1.165) is 26.2 Å². The summed E-state index contributed by atoms with van der Waals surface area (Å²) in [7, 11) is 3.13. The van der Waals surface area contributed by atoms with Crippen LogP contribution >= 0.6 is 22.9 Å². The number of aryl methyl sites for hydroxylation is 2. The molecule has 0 spiro atoms. The van der Waals surface area contributed by atoms with Crippen molar-refractivity contribution in [3.05, 3.63) is 57.9 Å². The molecule has 5 nitrogen and oxygen atoms in total. The van der Waals surface area contributed by atoms with Gasteiger partial charge in [-0.3, -0.25) is 0 Å². The molecule has 30 heavy (non-hydrogen) atoms. The molecule has 0 atom stereocenters. The molecule has 4 aromatic rings. The van der Waals surface area contributed by atoms with Crippen molar-refractivity contribution in [1.82, 2.24) is 9.97 Å². The fourth-order valence-corrected chi connectivity index (χ4v) is 4.68. The summed E-state index contributed by atoms with van der Waals surface area (Å²) >= 11 is 7.81. The van der Waals surface area contributed by atoms with Crippen LogP contribution in [0.2, 0.25) is 5.02 Å². The molecule has 4 rings (SSSR count). The van der Waals surface area contributed by atoms with Crippen LogP contribution in [0.3, 0.4) is 0 Å². The van der Waals surface area contributed by atoms with E-state index in [1.165, 1.54) is 12.1 Å². The van der Waals surface area contributed by atoms with Crippen LogP contribution in [-0.4, -0.2) is 24.2 Å². The Balaban J connectivity index is 1.93. The van der Waals surface area contributed by atoms with Gasteiger partial charge in [0.15, 0.2) is 0 Å². The Bertz CT molecular complexity index is 1240. The van der Waals surface area contributed by atoms with Crippen LogP contribution in [0.15, 0.2) is 36.4 Å². The van der Waals surface area contributed by atoms with Crippen molar-refractivity contribution in [2.24, 2.45) is 0 Å². The molecule has 1 N–H and O–H groups in total. The molecule has 0 aliphatic rings. The summed E-state index contributed by atoms with van der Waals surface area (Å²) in [4.78, 5) is 11.2. The third-order valence-electron chi connectivity index (χ3n) is 4.70. The van der Waals surface area contributed by atoms with Gasteiger partial charge in [-0.25, -0.2) is 14.4 Å². The first-order chi connectivity index (χ1) is 14.4. The summed E-state index contributed by atoms with van der Waals surface area (Å²) in [5, 5.41) is 4.67. The van der Waals surface area contributed by atoms with Gasteiger partial charge in [-0.2, -0.15) is 0 Å². The first-order valence-corrected chi connectivity index (χ1v) is 10.3. The Kier molecular flexibility index (Phi) is 5.49. The maximum absolute atomic E-state index is 13.5. The SMILES string of the molecule is COc1cc(Nc2nc(C)nc3sc(C)c(-c4ccc(F)cc4)c23)c(OC)cc1Cl. The van der Waals surface area contributed by atoms with Crippen LogP contribution < -0.4 is 14.8 Å². The molecule has 0 fully saturated rings. The number of thiophene rings is 1. The Morgan fingerprint density at radius 1 is 1.00 bits per heavy atom. The number of fused-ring (bicyclic) bond motifs is 1. The van der Waals surface area contributed by atoms with Gasteiger partial charge in [0.2, 0.25) is 0 Å². The summed E-state index contributed by atoms with van der Waals surface area (Å²) in [6.07, 6.45) is 0. The number of aromatic nitrogens is 2. The highest BCUT2D eigenvalue weighted by atomic mass is 35.5. The minimum absolute atomic E-state index is 0.278. The number of nitrogens with one attached hydrogen (secondary N) is 1. The molecule has 0 bridgehead atoms. The van der Waals surface area contributed by atoms with E-state index < -0.39 is 0 Å². The van der Waals surface area contributed by atoms with E-state index in [9.17, 15) is 4.39 Å². The van der Waals surface area contributed by atoms with E-state index in [2.05, 4.69) is 15.3 Å². The number of hydrogen-bond acceptors (Lipinski definition) is 6. The lowest BCUT2D eigenvalue weighted by molar-refractivity contribution is 0.405. The van der Waals surface area contributed by atoms with Crippen LogP contribution in [0.25, 0.3) is 21.3 Å². The Labute approximate surface area is 182 Å². The van der Waals surface area contributed by atoms with Crippen molar-refractivity contribution < 1.29 is 13.9 Å². The molecular formula is C22H19ClFN3O2S. The molecule has 0 saturated carbocycles. The zero-order valence-electron chi connectivity index (χ0n) is 16.8. The highest BCUT2D eigenvalue weighted by Crippen LogP contribution is 2.43. The Morgan fingerprint density at radius 2 is 1.70 bits per heavy atom. The summed E-state index contributed by atoms with van der Waals surface area (Å²) < 4.78 is 24.3. The second kappa shape index (κ2) is 8.08. The van der Waals surface area contributed by atoms with Crippen molar-refractivity contribution in [2.45, 2.75) is 13.8 Å². The molecule has 8 heteroatoms. The molecule has 0 radical (unpaired) electrons. The van der Waals surface area contributed by atoms with Crippen molar-refractivity contribution in [3.63, 3.8) is 0 Å². The van der Waals surface area contributed by atoms with Gasteiger partial charge in [-0.1, -0.05) is 23.7 Å². The summed E-state index contributed by atoms with van der Waals surface area (Å²) in [6.45, 7) is 3.87. The standard InChI is InChI=1S/C22H19ClFN3O2S/c1-11-19(13-5-7-14(24)8-6-13)20-21(25-12(2)26-22(20)30-11)27-16-10-17(28-3)15(23)9-18(16)29-4/h5-10H,1-4H3,(H,25,26,27). The van der Waals surface area contributed by atoms with Crippen LogP contribution in [0, 0.1) is 19.7 Å². The second-order valence-electron chi connectivity index (χ2n) is 6.65. The lowest BCUT2D eigenvalue weighted by Gasteiger charge is -2.15. The number of nitrogens with zero attached hydrogens (tertiary/aromatic N) is 2. The molecule has 2 heterocycles. The Morgan fingerprint density at radius 3 is 2.37 bits per heavy atom. The summed E-state index contributed by atoms with van der Waals surface area (Å²) in [5.41, 5.74) is 2.53. The maximum atomic E-state index is 13.5. The third-order valence-corrected chi connectivity index (χ3v) is 5.99. The lowest BCUT2D eigenvalue weighted by atomic mass is 10.0. The molecule has 0 unspecified atom stereocenters. The fraction of sp³-hybridized carbons (Fsp3) is 0.182. The minimum atomic E-state index is -0.278. The number of rotatable bonds is 5. The monoisotopic (exact) mass is 443 g/mol. The number of methoxy groups -OCH3 is 2. The van der Waals surface area contributed by atoms with Gasteiger partial charge in [-0.15, -0.1) is 11.3 Å². The zero-order valence-corrected chi connectivity index (χ0v) is 18.4. The van der Waals surface area contributed by atoms with E-state index in [0.29, 0.717) is 33.9 Å². The summed E-state index contributed by atoms with van der Waals surface area (Å²) in [6, 6.07) is 9.88. The number of benzene rings is 2. The first kappa shape index (κ1) is 20.4. The smallest absolute Gasteiger partial charge is 0.144 e. The zero-order chi connectivity index (χ0) is 21.4. The lowest BCUT2D eigenvalue weighted by Crippen LogP contribution is -2.01. The molecular weight excluding hydrogens is 425 g/mol. The molecule has 2 aromatic heterocycles. The average Bonchev–Trinajstić information content (AvgIpc) is 3.05. The van der Waals surface area contributed by atoms with Gasteiger partial charge in [0, 0.05) is 22.6 Å². The van der Waals surface area contributed by atoms with Gasteiger partial charge >= 0.3 is 0 Å². The molecule has 0 saturated heterocycles. The van der Waals surface area contributed by atoms with Gasteiger partial charge in [0.1, 0.15) is 33.8 Å².